The molecule has 0 fully saturated rings. The predicted molar refractivity (Wildman–Crippen MR) is 170 cm³/mol. The summed E-state index contributed by atoms with van der Waals surface area (Å²) in [6.45, 7) is 4.51. The summed E-state index contributed by atoms with van der Waals surface area (Å²) >= 11 is 0. The van der Waals surface area contributed by atoms with Gasteiger partial charge in [-0.3, -0.25) is 9.59 Å². The van der Waals surface area contributed by atoms with Gasteiger partial charge < -0.3 is 28.5 Å². The highest BCUT2D eigenvalue weighted by Gasteiger charge is 2.24. The minimum absolute atomic E-state index is 0.137. The molecule has 0 radical (unpaired) electrons. The maximum Gasteiger partial charge on any atom is 0.361 e. The van der Waals surface area contributed by atoms with Crippen LogP contribution in [0.25, 0.3) is 0 Å². The van der Waals surface area contributed by atoms with Crippen molar-refractivity contribution in [3.63, 3.8) is 0 Å². The number of allylic oxidation sites excluding steroid dienone is 8. The molecule has 0 aromatic rings. The molecule has 9 nitrogen and oxygen atoms in total. The Balaban J connectivity index is 4.74. The Morgan fingerprint density at radius 3 is 1.91 bits per heavy atom. The molecule has 0 spiro atoms. The van der Waals surface area contributed by atoms with Crippen molar-refractivity contribution in [2.45, 2.75) is 103 Å². The van der Waals surface area contributed by atoms with Gasteiger partial charge in [0.05, 0.1) is 34.4 Å². The van der Waals surface area contributed by atoms with Crippen molar-refractivity contribution in [2.24, 2.45) is 0 Å². The van der Waals surface area contributed by atoms with E-state index in [1.165, 1.54) is 0 Å². The van der Waals surface area contributed by atoms with Crippen LogP contribution in [-0.4, -0.2) is 87.4 Å². The molecule has 9 heteroatoms. The third-order valence-corrected chi connectivity index (χ3v) is 6.11. The predicted octanol–water partition coefficient (Wildman–Crippen LogP) is 6.54. The van der Waals surface area contributed by atoms with Crippen LogP contribution in [0.15, 0.2) is 48.6 Å². The molecule has 0 aromatic carbocycles. The second-order valence-electron chi connectivity index (χ2n) is 11.4. The maximum absolute atomic E-state index is 12.5. The Labute approximate surface area is 260 Å². The average Bonchev–Trinajstić information content (AvgIpc) is 2.94. The van der Waals surface area contributed by atoms with E-state index in [9.17, 15) is 19.5 Å². The van der Waals surface area contributed by atoms with Crippen molar-refractivity contribution in [1.82, 2.24) is 0 Å². The Morgan fingerprint density at radius 2 is 1.33 bits per heavy atom. The van der Waals surface area contributed by atoms with E-state index in [4.69, 9.17) is 18.9 Å². The van der Waals surface area contributed by atoms with Gasteiger partial charge in [-0.05, 0) is 38.5 Å². The van der Waals surface area contributed by atoms with Crippen LogP contribution in [0, 0.1) is 0 Å². The number of rotatable bonds is 27. The molecular weight excluding hydrogens is 550 g/mol. The van der Waals surface area contributed by atoms with Crippen LogP contribution in [0.3, 0.4) is 0 Å². The van der Waals surface area contributed by atoms with Crippen molar-refractivity contribution in [3.8, 4) is 0 Å². The van der Waals surface area contributed by atoms with Gasteiger partial charge in [0.1, 0.15) is 13.2 Å². The summed E-state index contributed by atoms with van der Waals surface area (Å²) in [7, 11) is 5.89. The standard InChI is InChI=1S/C34H57NO8/c1-6-8-10-12-13-14-15-16-17-18-19-21-23-25-32(37)43-30(28-41-31(36)24-22-20-11-9-7-2)29-42-34(33(38)39)40-27-26-35(3,4)5/h8,10,13-14,16-17,19,21,30,34H,6-7,9,11-12,15,18,20,22-29H2,1-5H3/p+1/b10-8-,14-13-,17-16-,21-19-. The Morgan fingerprint density at radius 1 is 0.721 bits per heavy atom. The highest BCUT2D eigenvalue weighted by Crippen LogP contribution is 2.09. The van der Waals surface area contributed by atoms with Crippen molar-refractivity contribution in [1.29, 1.82) is 0 Å². The molecule has 0 aliphatic heterocycles. The Kier molecular flexibility index (Phi) is 25.1. The number of esters is 2. The maximum atomic E-state index is 12.5. The van der Waals surface area contributed by atoms with Gasteiger partial charge in [0.2, 0.25) is 0 Å². The fraction of sp³-hybridized carbons (Fsp3) is 0.676. The van der Waals surface area contributed by atoms with Gasteiger partial charge in [-0.2, -0.15) is 0 Å². The van der Waals surface area contributed by atoms with Gasteiger partial charge in [0.25, 0.3) is 6.29 Å². The Hall–Kier alpha value is -2.75. The average molecular weight is 609 g/mol. The number of nitrogens with zero attached hydrogens (tertiary/aromatic N) is 1. The van der Waals surface area contributed by atoms with Crippen molar-refractivity contribution >= 4 is 17.9 Å². The first-order valence-corrected chi connectivity index (χ1v) is 15.8. The lowest BCUT2D eigenvalue weighted by atomic mass is 10.1. The zero-order valence-electron chi connectivity index (χ0n) is 27.3. The number of carbonyl (C=O) groups is 3. The number of hydrogen-bond donors (Lipinski definition) is 1. The molecule has 0 saturated heterocycles. The summed E-state index contributed by atoms with van der Waals surface area (Å²) in [6, 6.07) is 0. The molecule has 0 saturated carbocycles. The molecule has 0 aromatic heterocycles. The van der Waals surface area contributed by atoms with E-state index in [1.54, 1.807) is 0 Å². The van der Waals surface area contributed by atoms with Crippen LogP contribution >= 0.6 is 0 Å². The van der Waals surface area contributed by atoms with Crippen molar-refractivity contribution in [2.75, 3.05) is 47.5 Å². The smallest absolute Gasteiger partial charge is 0.361 e. The quantitative estimate of drug-likeness (QED) is 0.0368. The van der Waals surface area contributed by atoms with E-state index in [2.05, 4.69) is 50.3 Å². The van der Waals surface area contributed by atoms with E-state index in [-0.39, 0.29) is 38.6 Å². The van der Waals surface area contributed by atoms with Gasteiger partial charge >= 0.3 is 17.9 Å². The van der Waals surface area contributed by atoms with Gasteiger partial charge in [-0.15, -0.1) is 0 Å². The van der Waals surface area contributed by atoms with Gasteiger partial charge in [0.15, 0.2) is 6.10 Å². The summed E-state index contributed by atoms with van der Waals surface area (Å²) in [5.74, 6) is -2.15. The Bertz CT molecular complexity index is 857. The van der Waals surface area contributed by atoms with Crippen LogP contribution in [0.4, 0.5) is 0 Å². The first-order valence-electron chi connectivity index (χ1n) is 15.8. The largest absolute Gasteiger partial charge is 0.477 e. The first kappa shape index (κ1) is 40.2. The molecule has 2 atom stereocenters. The minimum Gasteiger partial charge on any atom is -0.477 e. The highest BCUT2D eigenvalue weighted by atomic mass is 16.7. The molecule has 43 heavy (non-hydrogen) atoms. The third-order valence-electron chi connectivity index (χ3n) is 6.11. The minimum atomic E-state index is -1.52. The van der Waals surface area contributed by atoms with Crippen LogP contribution in [0.5, 0.6) is 0 Å². The summed E-state index contributed by atoms with van der Waals surface area (Å²) in [6.07, 6.45) is 23.8. The molecular formula is C34H58NO8+. The molecule has 0 rings (SSSR count). The van der Waals surface area contributed by atoms with Crippen molar-refractivity contribution < 1.29 is 42.9 Å². The number of unbranched alkanes of at least 4 members (excludes halogenated alkanes) is 4. The van der Waals surface area contributed by atoms with E-state index < -0.39 is 24.3 Å². The van der Waals surface area contributed by atoms with Gasteiger partial charge in [-0.25, -0.2) is 4.79 Å². The lowest BCUT2D eigenvalue weighted by Gasteiger charge is -2.25. The fourth-order valence-corrected chi connectivity index (χ4v) is 3.61. The molecule has 0 heterocycles. The molecule has 0 aliphatic rings. The molecule has 0 bridgehead atoms. The number of quaternary nitrogens is 1. The zero-order chi connectivity index (χ0) is 32.2. The SMILES string of the molecule is CC/C=C\C/C=C\C/C=C\C/C=C\CCC(=O)OC(COC(=O)CCCCCCC)COC(OCC[N+](C)(C)C)C(=O)O. The molecule has 246 valence electrons. The number of carboxylic acids is 1. The first-order chi connectivity index (χ1) is 20.6. The molecule has 0 aliphatic carbocycles. The second kappa shape index (κ2) is 26.8. The number of aliphatic carboxylic acids is 1. The van der Waals surface area contributed by atoms with Gasteiger partial charge in [-0.1, -0.05) is 88.1 Å². The van der Waals surface area contributed by atoms with E-state index >= 15 is 0 Å². The van der Waals surface area contributed by atoms with Crippen LogP contribution in [-0.2, 0) is 33.3 Å². The monoisotopic (exact) mass is 608 g/mol. The van der Waals surface area contributed by atoms with Crippen LogP contribution < -0.4 is 0 Å². The van der Waals surface area contributed by atoms with Crippen molar-refractivity contribution in [3.05, 3.63) is 48.6 Å². The van der Waals surface area contributed by atoms with Gasteiger partial charge in [0, 0.05) is 12.8 Å². The number of hydrogen-bond acceptors (Lipinski definition) is 7. The number of carbonyl (C=O) groups excluding carboxylic acids is 2. The third kappa shape index (κ3) is 27.8. The van der Waals surface area contributed by atoms with E-state index in [0.717, 1.165) is 57.8 Å². The topological polar surface area (TPSA) is 108 Å². The molecule has 1 N–H and O–H groups in total. The van der Waals surface area contributed by atoms with Crippen LogP contribution in [0.2, 0.25) is 0 Å². The van der Waals surface area contributed by atoms with E-state index in [0.29, 0.717) is 17.4 Å². The number of likely N-dealkylation sites (N-methyl/N-ethyl adjacent to an activating group) is 1. The summed E-state index contributed by atoms with van der Waals surface area (Å²) in [5.41, 5.74) is 0. The zero-order valence-corrected chi connectivity index (χ0v) is 27.3. The summed E-state index contributed by atoms with van der Waals surface area (Å²) in [4.78, 5) is 36.3. The fourth-order valence-electron chi connectivity index (χ4n) is 3.61. The number of carboxylic acid groups (broad SMARTS) is 1. The normalized spacial score (nSPS) is 13.8. The lowest BCUT2D eigenvalue weighted by Crippen LogP contribution is -2.40. The highest BCUT2D eigenvalue weighted by molar-refractivity contribution is 5.71. The van der Waals surface area contributed by atoms with Crippen LogP contribution in [0.1, 0.15) is 90.9 Å². The number of ether oxygens (including phenoxy) is 4. The molecule has 2 unspecified atom stereocenters. The summed E-state index contributed by atoms with van der Waals surface area (Å²) in [5, 5.41) is 9.50. The second-order valence-corrected chi connectivity index (χ2v) is 11.4. The van der Waals surface area contributed by atoms with E-state index in [1.807, 2.05) is 33.3 Å². The summed E-state index contributed by atoms with van der Waals surface area (Å²) < 4.78 is 22.3. The molecule has 0 amide bonds. The lowest BCUT2D eigenvalue weighted by molar-refractivity contribution is -0.870.